The third-order valence-electron chi connectivity index (χ3n) is 8.75. The lowest BCUT2D eigenvalue weighted by Gasteiger charge is -2.44. The molecule has 0 atom stereocenters. The smallest absolute Gasteiger partial charge is 0.252 e. The van der Waals surface area contributed by atoms with Crippen molar-refractivity contribution in [2.24, 2.45) is 0 Å². The molecule has 0 saturated heterocycles. The average Bonchev–Trinajstić information content (AvgIpc) is 3.04. The predicted octanol–water partition coefficient (Wildman–Crippen LogP) is 8.08. The van der Waals surface area contributed by atoms with Crippen molar-refractivity contribution < 1.29 is 0 Å². The summed E-state index contributed by atoms with van der Waals surface area (Å²) >= 11 is 0. The molecule has 3 heteroatoms. The number of hydrogen-bond acceptors (Lipinski definition) is 2. The first-order valence-electron chi connectivity index (χ1n) is 14.2. The first kappa shape index (κ1) is 22.5. The van der Waals surface area contributed by atoms with Crippen LogP contribution in [0.1, 0.15) is 0 Å². The Labute approximate surface area is 239 Å². The molecule has 7 aromatic rings. The number of benzene rings is 7. The molecular weight excluding hydrogens is 495 g/mol. The second-order valence-corrected chi connectivity index (χ2v) is 11.0. The third kappa shape index (κ3) is 3.26. The molecule has 2 heterocycles. The summed E-state index contributed by atoms with van der Waals surface area (Å²) in [6, 6.07) is 55.5. The third-order valence-corrected chi connectivity index (χ3v) is 8.75. The van der Waals surface area contributed by atoms with Gasteiger partial charge in [-0.15, -0.1) is 0 Å². The Bertz CT molecular complexity index is 1970. The van der Waals surface area contributed by atoms with E-state index in [1.165, 1.54) is 72.1 Å². The summed E-state index contributed by atoms with van der Waals surface area (Å²) in [4.78, 5) is 4.93. The van der Waals surface area contributed by atoms with Crippen molar-refractivity contribution in [1.82, 2.24) is 0 Å². The highest BCUT2D eigenvalue weighted by Gasteiger charge is 2.43. The van der Waals surface area contributed by atoms with Crippen LogP contribution in [0.5, 0.6) is 0 Å². The van der Waals surface area contributed by atoms with Gasteiger partial charge in [0.15, 0.2) is 0 Å². The molecule has 41 heavy (non-hydrogen) atoms. The Morgan fingerprint density at radius 3 is 1.17 bits per heavy atom. The molecule has 2 aliphatic heterocycles. The standard InChI is InChI=1S/C38H25BN2/c1-3-16-30(17-4-1)40-34-20-11-21-35-38(34)39(32-22-26-12-7-9-14-28(26)24-36(32)40)33-23-27-13-8-10-15-29(27)25-37(33)41(35)31-18-5-2-6-19-31/h1-25H. The number of para-hydroxylation sites is 2. The van der Waals surface area contributed by atoms with E-state index in [1.807, 2.05) is 0 Å². The fourth-order valence-corrected chi connectivity index (χ4v) is 7.02. The maximum atomic E-state index is 2.46. The molecule has 0 fully saturated rings. The quantitative estimate of drug-likeness (QED) is 0.213. The molecule has 0 amide bonds. The number of fused-ring (bicyclic) bond motifs is 6. The molecule has 190 valence electrons. The summed E-state index contributed by atoms with van der Waals surface area (Å²) in [5, 5.41) is 5.06. The number of hydrogen-bond donors (Lipinski definition) is 0. The molecule has 0 N–H and O–H groups in total. The zero-order valence-corrected chi connectivity index (χ0v) is 22.4. The second kappa shape index (κ2) is 8.61. The van der Waals surface area contributed by atoms with Gasteiger partial charge >= 0.3 is 0 Å². The molecule has 7 aromatic carbocycles. The maximum Gasteiger partial charge on any atom is 0.252 e. The number of rotatable bonds is 2. The first-order chi connectivity index (χ1) is 20.3. The topological polar surface area (TPSA) is 6.48 Å². The molecule has 0 aromatic heterocycles. The Hall–Kier alpha value is -5.28. The van der Waals surface area contributed by atoms with Crippen molar-refractivity contribution in [3.8, 4) is 0 Å². The largest absolute Gasteiger partial charge is 0.311 e. The number of anilines is 6. The molecule has 0 saturated carbocycles. The van der Waals surface area contributed by atoms with Gasteiger partial charge in [0, 0.05) is 34.1 Å². The molecule has 2 aliphatic rings. The summed E-state index contributed by atoms with van der Waals surface area (Å²) in [5.41, 5.74) is 11.4. The first-order valence-corrected chi connectivity index (χ1v) is 14.2. The van der Waals surface area contributed by atoms with Crippen LogP contribution in [0, 0.1) is 0 Å². The van der Waals surface area contributed by atoms with Gasteiger partial charge in [-0.25, -0.2) is 0 Å². The minimum absolute atomic E-state index is 0.111. The van der Waals surface area contributed by atoms with Gasteiger partial charge in [0.1, 0.15) is 0 Å². The Morgan fingerprint density at radius 2 is 0.732 bits per heavy atom. The van der Waals surface area contributed by atoms with Crippen LogP contribution < -0.4 is 26.2 Å². The lowest BCUT2D eigenvalue weighted by molar-refractivity contribution is 1.26. The van der Waals surface area contributed by atoms with E-state index >= 15 is 0 Å². The van der Waals surface area contributed by atoms with Crippen molar-refractivity contribution in [3.63, 3.8) is 0 Å². The fraction of sp³-hybridized carbons (Fsp3) is 0. The lowest BCUT2D eigenvalue weighted by Crippen LogP contribution is -2.61. The summed E-state index contributed by atoms with van der Waals surface area (Å²) in [7, 11) is 0. The number of nitrogens with zero attached hydrogens (tertiary/aromatic N) is 2. The van der Waals surface area contributed by atoms with Crippen LogP contribution in [0.3, 0.4) is 0 Å². The van der Waals surface area contributed by atoms with Gasteiger partial charge in [0.25, 0.3) is 6.71 Å². The lowest BCUT2D eigenvalue weighted by atomic mass is 9.33. The van der Waals surface area contributed by atoms with Crippen molar-refractivity contribution >= 4 is 78.8 Å². The Balaban J connectivity index is 1.43. The van der Waals surface area contributed by atoms with E-state index in [4.69, 9.17) is 0 Å². The van der Waals surface area contributed by atoms with E-state index in [0.29, 0.717) is 0 Å². The zero-order valence-electron chi connectivity index (χ0n) is 22.4. The predicted molar refractivity (Wildman–Crippen MR) is 175 cm³/mol. The van der Waals surface area contributed by atoms with Gasteiger partial charge in [-0.3, -0.25) is 0 Å². The molecule has 0 unspecified atom stereocenters. The van der Waals surface area contributed by atoms with E-state index in [-0.39, 0.29) is 6.71 Å². The summed E-state index contributed by atoms with van der Waals surface area (Å²) < 4.78 is 0. The van der Waals surface area contributed by atoms with E-state index in [1.54, 1.807) is 0 Å². The van der Waals surface area contributed by atoms with Crippen LogP contribution in [-0.2, 0) is 0 Å². The highest BCUT2D eigenvalue weighted by Crippen LogP contribution is 2.44. The molecule has 2 nitrogen and oxygen atoms in total. The molecule has 0 bridgehead atoms. The monoisotopic (exact) mass is 520 g/mol. The van der Waals surface area contributed by atoms with E-state index in [0.717, 1.165) is 0 Å². The van der Waals surface area contributed by atoms with Gasteiger partial charge in [-0.1, -0.05) is 103 Å². The van der Waals surface area contributed by atoms with E-state index in [9.17, 15) is 0 Å². The van der Waals surface area contributed by atoms with Crippen molar-refractivity contribution in [2.75, 3.05) is 9.80 Å². The van der Waals surface area contributed by atoms with Crippen LogP contribution in [0.4, 0.5) is 34.1 Å². The summed E-state index contributed by atoms with van der Waals surface area (Å²) in [6.45, 7) is 0.111. The maximum absolute atomic E-state index is 2.46. The van der Waals surface area contributed by atoms with Gasteiger partial charge in [0.05, 0.1) is 0 Å². The van der Waals surface area contributed by atoms with Gasteiger partial charge in [-0.2, -0.15) is 0 Å². The normalized spacial score (nSPS) is 13.2. The van der Waals surface area contributed by atoms with Crippen LogP contribution in [0.25, 0.3) is 21.5 Å². The van der Waals surface area contributed by atoms with Crippen molar-refractivity contribution in [2.45, 2.75) is 0 Å². The zero-order chi connectivity index (χ0) is 26.9. The molecular formula is C38H25BN2. The molecule has 9 rings (SSSR count). The fourth-order valence-electron chi connectivity index (χ4n) is 7.02. The highest BCUT2D eigenvalue weighted by atomic mass is 15.2. The van der Waals surface area contributed by atoms with Crippen LogP contribution in [0.2, 0.25) is 0 Å². The van der Waals surface area contributed by atoms with E-state index in [2.05, 4.69) is 161 Å². The minimum atomic E-state index is 0.111. The van der Waals surface area contributed by atoms with Crippen LogP contribution >= 0.6 is 0 Å². The Kier molecular flexibility index (Phi) is 4.73. The SMILES string of the molecule is c1ccc(N2c3cc4ccccc4cc3B3c4cc5ccccc5cc4N(c4ccccc4)c4cccc2c43)cc1. The average molecular weight is 520 g/mol. The molecule has 0 aliphatic carbocycles. The molecule has 0 radical (unpaired) electrons. The van der Waals surface area contributed by atoms with Crippen molar-refractivity contribution in [1.29, 1.82) is 0 Å². The summed E-state index contributed by atoms with van der Waals surface area (Å²) in [5.74, 6) is 0. The van der Waals surface area contributed by atoms with Gasteiger partial charge in [-0.05, 0) is 86.5 Å². The van der Waals surface area contributed by atoms with Crippen LogP contribution in [0.15, 0.2) is 152 Å². The molecule has 0 spiro atoms. The summed E-state index contributed by atoms with van der Waals surface area (Å²) in [6.07, 6.45) is 0. The van der Waals surface area contributed by atoms with Crippen molar-refractivity contribution in [3.05, 3.63) is 152 Å². The second-order valence-electron chi connectivity index (χ2n) is 11.0. The van der Waals surface area contributed by atoms with E-state index < -0.39 is 0 Å². The van der Waals surface area contributed by atoms with Crippen LogP contribution in [-0.4, -0.2) is 6.71 Å². The minimum Gasteiger partial charge on any atom is -0.311 e. The highest BCUT2D eigenvalue weighted by molar-refractivity contribution is 7.00. The Morgan fingerprint density at radius 1 is 0.341 bits per heavy atom. The van der Waals surface area contributed by atoms with Gasteiger partial charge < -0.3 is 9.80 Å². The van der Waals surface area contributed by atoms with Gasteiger partial charge in [0.2, 0.25) is 0 Å².